The molecule has 0 atom stereocenters. The third-order valence-electron chi connectivity index (χ3n) is 10.1. The topological polar surface area (TPSA) is 20.2 Å². The fourth-order valence-electron chi connectivity index (χ4n) is 7.83. The second-order valence-corrected chi connectivity index (χ2v) is 13.2. The predicted molar refractivity (Wildman–Crippen MR) is 212 cm³/mol. The summed E-state index contributed by atoms with van der Waals surface area (Å²) in [5, 5.41) is 5.26. The highest BCUT2D eigenvalue weighted by molar-refractivity contribution is 5.93. The van der Waals surface area contributed by atoms with Gasteiger partial charge >= 0.3 is 0 Å². The molecule has 1 N–H and O–H groups in total. The highest BCUT2D eigenvalue weighted by atomic mass is 15.2. The van der Waals surface area contributed by atoms with Gasteiger partial charge in [-0.05, 0) is 84.0 Å². The lowest BCUT2D eigenvalue weighted by Crippen LogP contribution is -2.26. The van der Waals surface area contributed by atoms with Crippen molar-refractivity contribution in [2.75, 3.05) is 10.2 Å². The SMILES string of the molecule is C1=CCC=C(c2ccccc2NC2=CC(N3C4=C(C=CCC=C4)Cc4ccccc43)=CCC(n3c4c(c5ccccc53)CC=CC=C4)=C2)C=C1. The van der Waals surface area contributed by atoms with E-state index in [0.717, 1.165) is 49.2 Å². The van der Waals surface area contributed by atoms with Crippen molar-refractivity contribution in [3.63, 3.8) is 0 Å². The largest absolute Gasteiger partial charge is 0.355 e. The maximum Gasteiger partial charge on any atom is 0.0534 e. The molecule has 4 aromatic rings. The van der Waals surface area contributed by atoms with E-state index in [1.807, 2.05) is 0 Å². The van der Waals surface area contributed by atoms with Gasteiger partial charge in [-0.1, -0.05) is 128 Å². The van der Waals surface area contributed by atoms with Crippen LogP contribution in [0, 0.1) is 0 Å². The molecular weight excluding hydrogens is 607 g/mol. The Bertz CT molecular complexity index is 2370. The van der Waals surface area contributed by atoms with Crippen molar-refractivity contribution in [3.8, 4) is 0 Å². The molecule has 0 fully saturated rings. The van der Waals surface area contributed by atoms with Crippen molar-refractivity contribution in [2.24, 2.45) is 0 Å². The molecule has 1 aromatic heterocycles. The number of fused-ring (bicyclic) bond motifs is 4. The summed E-state index contributed by atoms with van der Waals surface area (Å²) in [7, 11) is 0. The molecule has 1 aliphatic heterocycles. The third kappa shape index (κ3) is 5.51. The number of nitrogens with zero attached hydrogens (tertiary/aromatic N) is 2. The number of aromatic nitrogens is 1. The van der Waals surface area contributed by atoms with Crippen molar-refractivity contribution in [2.45, 2.75) is 32.1 Å². The normalized spacial score (nSPS) is 17.9. The van der Waals surface area contributed by atoms with Gasteiger partial charge in [0, 0.05) is 58.0 Å². The summed E-state index contributed by atoms with van der Waals surface area (Å²) in [5.74, 6) is 0. The zero-order chi connectivity index (χ0) is 33.3. The van der Waals surface area contributed by atoms with E-state index >= 15 is 0 Å². The fraction of sp³-hybridized carbons (Fsp3) is 0.106. The average molecular weight is 646 g/mol. The summed E-state index contributed by atoms with van der Waals surface area (Å²) >= 11 is 0. The second-order valence-electron chi connectivity index (χ2n) is 13.2. The maximum absolute atomic E-state index is 3.95. The molecule has 0 unspecified atom stereocenters. The minimum Gasteiger partial charge on any atom is -0.355 e. The summed E-state index contributed by atoms with van der Waals surface area (Å²) in [6.45, 7) is 0. The van der Waals surface area contributed by atoms with E-state index in [0.29, 0.717) is 0 Å². The van der Waals surface area contributed by atoms with Crippen LogP contribution in [-0.2, 0) is 12.8 Å². The monoisotopic (exact) mass is 645 g/mol. The minimum atomic E-state index is 0.769. The van der Waals surface area contributed by atoms with E-state index in [4.69, 9.17) is 0 Å². The lowest BCUT2D eigenvalue weighted by molar-refractivity contribution is 1.00. The van der Waals surface area contributed by atoms with E-state index in [9.17, 15) is 0 Å². The summed E-state index contributed by atoms with van der Waals surface area (Å²) in [5.41, 5.74) is 16.0. The van der Waals surface area contributed by atoms with E-state index < -0.39 is 0 Å². The Kier molecular flexibility index (Phi) is 7.87. The Morgan fingerprint density at radius 3 is 2.48 bits per heavy atom. The number of allylic oxidation sites excluding steroid dienone is 18. The molecule has 0 saturated heterocycles. The van der Waals surface area contributed by atoms with Crippen molar-refractivity contribution in [1.29, 1.82) is 0 Å². The number of nitrogens with one attached hydrogen (secondary N) is 1. The molecule has 0 bridgehead atoms. The zero-order valence-corrected chi connectivity index (χ0v) is 28.1. The van der Waals surface area contributed by atoms with Gasteiger partial charge in [0.05, 0.1) is 11.2 Å². The molecule has 242 valence electrons. The zero-order valence-electron chi connectivity index (χ0n) is 28.1. The molecule has 3 nitrogen and oxygen atoms in total. The van der Waals surface area contributed by atoms with Crippen LogP contribution in [0.2, 0.25) is 0 Å². The first-order valence-electron chi connectivity index (χ1n) is 17.7. The number of benzene rings is 3. The molecule has 0 spiro atoms. The summed E-state index contributed by atoms with van der Waals surface area (Å²) in [6, 6.07) is 26.4. The van der Waals surface area contributed by atoms with Gasteiger partial charge in [-0.25, -0.2) is 0 Å². The van der Waals surface area contributed by atoms with Gasteiger partial charge in [-0.2, -0.15) is 0 Å². The van der Waals surface area contributed by atoms with Gasteiger partial charge in [0.25, 0.3) is 0 Å². The Morgan fingerprint density at radius 1 is 0.640 bits per heavy atom. The van der Waals surface area contributed by atoms with Crippen LogP contribution in [0.5, 0.6) is 0 Å². The molecule has 3 heteroatoms. The van der Waals surface area contributed by atoms with Gasteiger partial charge in [-0.15, -0.1) is 0 Å². The lowest BCUT2D eigenvalue weighted by atomic mass is 9.94. The number of rotatable bonds is 5. The summed E-state index contributed by atoms with van der Waals surface area (Å²) in [6.07, 6.45) is 40.7. The third-order valence-corrected chi connectivity index (χ3v) is 10.1. The van der Waals surface area contributed by atoms with E-state index in [1.165, 1.54) is 61.5 Å². The molecule has 0 saturated carbocycles. The highest BCUT2D eigenvalue weighted by Gasteiger charge is 2.27. The van der Waals surface area contributed by atoms with Crippen LogP contribution < -0.4 is 10.2 Å². The molecule has 0 radical (unpaired) electrons. The smallest absolute Gasteiger partial charge is 0.0534 e. The average Bonchev–Trinajstić information content (AvgIpc) is 3.60. The molecule has 5 aliphatic rings. The van der Waals surface area contributed by atoms with E-state index in [2.05, 4.69) is 185 Å². The van der Waals surface area contributed by atoms with Crippen molar-refractivity contribution < 1.29 is 0 Å². The van der Waals surface area contributed by atoms with Crippen LogP contribution in [0.4, 0.5) is 11.4 Å². The Labute approximate surface area is 294 Å². The first-order chi connectivity index (χ1) is 24.8. The molecule has 3 aromatic carbocycles. The van der Waals surface area contributed by atoms with Crippen LogP contribution in [0.15, 0.2) is 187 Å². The first kappa shape index (κ1) is 30.0. The summed E-state index contributed by atoms with van der Waals surface area (Å²) < 4.78 is 2.49. The number of para-hydroxylation sites is 3. The number of hydrogen-bond acceptors (Lipinski definition) is 2. The quantitative estimate of drug-likeness (QED) is 0.233. The van der Waals surface area contributed by atoms with Crippen molar-refractivity contribution in [3.05, 3.63) is 209 Å². The minimum absolute atomic E-state index is 0.769. The predicted octanol–water partition coefficient (Wildman–Crippen LogP) is 11.6. The van der Waals surface area contributed by atoms with Crippen molar-refractivity contribution in [1.82, 2.24) is 4.57 Å². The lowest BCUT2D eigenvalue weighted by Gasteiger charge is -2.34. The van der Waals surface area contributed by atoms with Gasteiger partial charge in [0.15, 0.2) is 0 Å². The number of hydrogen-bond donors (Lipinski definition) is 1. The van der Waals surface area contributed by atoms with Crippen LogP contribution in [0.3, 0.4) is 0 Å². The van der Waals surface area contributed by atoms with E-state index in [1.54, 1.807) is 0 Å². The van der Waals surface area contributed by atoms with Crippen LogP contribution in [0.25, 0.3) is 28.2 Å². The standard InChI is InChI=1S/C47H39N3/c1-2-6-18-34(17-5-1)40-21-12-14-24-43(40)48-37-32-38(49-44-25-9-3-7-19-35(44)31-36-20-11-15-26-45(36)49)29-30-39(33-37)50-46-27-10-4-8-22-41(46)42-23-13-16-28-47(42)50/h1-2,4-5,7-21,23-29,32-33,48H,3,6,22,30-31H2. The number of anilines is 2. The Morgan fingerprint density at radius 2 is 1.48 bits per heavy atom. The van der Waals surface area contributed by atoms with Gasteiger partial charge in [-0.3, -0.25) is 0 Å². The van der Waals surface area contributed by atoms with Crippen LogP contribution in [-0.4, -0.2) is 4.57 Å². The molecule has 9 rings (SSSR count). The molecule has 0 amide bonds. The Balaban J connectivity index is 1.23. The van der Waals surface area contributed by atoms with Gasteiger partial charge < -0.3 is 14.8 Å². The molecule has 4 aliphatic carbocycles. The Hall–Kier alpha value is -6.06. The fourth-order valence-corrected chi connectivity index (χ4v) is 7.83. The van der Waals surface area contributed by atoms with E-state index in [-0.39, 0.29) is 0 Å². The summed E-state index contributed by atoms with van der Waals surface area (Å²) in [4.78, 5) is 2.48. The molecule has 50 heavy (non-hydrogen) atoms. The molecule has 2 heterocycles. The van der Waals surface area contributed by atoms with Gasteiger partial charge in [0.2, 0.25) is 0 Å². The van der Waals surface area contributed by atoms with Crippen LogP contribution >= 0.6 is 0 Å². The highest BCUT2D eigenvalue weighted by Crippen LogP contribution is 2.41. The first-order valence-corrected chi connectivity index (χ1v) is 17.7. The molecular formula is C47H39N3. The second kappa shape index (κ2) is 13.1. The van der Waals surface area contributed by atoms with Gasteiger partial charge in [0.1, 0.15) is 0 Å². The maximum atomic E-state index is 3.95. The van der Waals surface area contributed by atoms with Crippen molar-refractivity contribution >= 4 is 39.6 Å². The van der Waals surface area contributed by atoms with Crippen LogP contribution in [0.1, 0.15) is 41.6 Å².